The summed E-state index contributed by atoms with van der Waals surface area (Å²) in [4.78, 5) is 9.33. The van der Waals surface area contributed by atoms with Crippen molar-refractivity contribution in [3.05, 3.63) is 6.92 Å². The van der Waals surface area contributed by atoms with Gasteiger partial charge in [0.15, 0.2) is 0 Å². The summed E-state index contributed by atoms with van der Waals surface area (Å²) >= 11 is 6.44. The summed E-state index contributed by atoms with van der Waals surface area (Å²) in [6, 6.07) is 0. The van der Waals surface area contributed by atoms with Crippen LogP contribution in [0.2, 0.25) is 0 Å². The molecule has 0 atom stereocenters. The third kappa shape index (κ3) is 110. The maximum Gasteiger partial charge on any atom is 0.560 e. The second kappa shape index (κ2) is 10.4. The van der Waals surface area contributed by atoms with Crippen molar-refractivity contribution in [3.8, 4) is 0 Å². The summed E-state index contributed by atoms with van der Waals surface area (Å²) in [5.41, 5.74) is 0. The molecule has 0 saturated heterocycles. The Kier molecular flexibility index (Phi) is 16.7. The molecule has 0 saturated carbocycles. The average molecular weight is 241 g/mol. The number of Topliss-reactive ketones (excluding diaryl/α,β-unsaturated/α-hetero) is 1. The van der Waals surface area contributed by atoms with Gasteiger partial charge >= 0.3 is 16.0 Å². The lowest BCUT2D eigenvalue weighted by atomic mass is 10.6. The van der Waals surface area contributed by atoms with Gasteiger partial charge in [0.2, 0.25) is 0 Å². The molecule has 0 aliphatic rings. The summed E-state index contributed by atoms with van der Waals surface area (Å²) in [7, 11) is 0. The molecule has 0 heterocycles. The van der Waals surface area contributed by atoms with E-state index < -0.39 is 0 Å². The molecule has 1 radical (unpaired) electrons. The normalized spacial score (nSPS) is 5.14. The lowest BCUT2D eigenvalue weighted by Crippen LogP contribution is -1.70. The van der Waals surface area contributed by atoms with Crippen LogP contribution in [0.5, 0.6) is 0 Å². The number of halogens is 2. The molecule has 39 valence electrons. The quantitative estimate of drug-likeness (QED) is 0.590. The molecule has 1 nitrogen and oxygen atoms in total. The zero-order valence-electron chi connectivity index (χ0n) is 4.08. The molecule has 0 unspecified atom stereocenters. The third-order valence-electron chi connectivity index (χ3n) is 0. The van der Waals surface area contributed by atoms with Crippen molar-refractivity contribution in [1.29, 1.82) is 0 Å². The fourth-order valence-electron chi connectivity index (χ4n) is 0. The molecular formula is C3H5Br2MgO. The topological polar surface area (TPSA) is 17.1 Å². The van der Waals surface area contributed by atoms with E-state index in [2.05, 4.69) is 32.7 Å². The monoisotopic (exact) mass is 239 g/mol. The van der Waals surface area contributed by atoms with Gasteiger partial charge in [-0.15, -0.1) is 0 Å². The molecule has 4 heteroatoms. The van der Waals surface area contributed by atoms with Gasteiger partial charge in [-0.25, -0.2) is 0 Å². The second-order valence-electron chi connectivity index (χ2n) is 0.803. The molecule has 0 aromatic carbocycles. The van der Waals surface area contributed by atoms with Crippen molar-refractivity contribution in [2.45, 2.75) is 6.92 Å². The lowest BCUT2D eigenvalue weighted by Gasteiger charge is -1.55. The smallest absolute Gasteiger partial charge is 0.300 e. The van der Waals surface area contributed by atoms with Gasteiger partial charge in [0.1, 0.15) is 5.78 Å². The number of carbonyl (C=O) groups is 1. The Hall–Kier alpha value is 1.40. The van der Waals surface area contributed by atoms with Crippen LogP contribution < -0.4 is 0 Å². The first-order valence-corrected chi connectivity index (χ1v) is 9.39. The molecule has 0 aromatic rings. The zero-order chi connectivity index (χ0) is 6.28. The van der Waals surface area contributed by atoms with Crippen LogP contribution in [0.4, 0.5) is 0 Å². The molecule has 0 N–H and O–H groups in total. The van der Waals surface area contributed by atoms with E-state index in [0.29, 0.717) is 0 Å². The molecule has 7 heavy (non-hydrogen) atoms. The van der Waals surface area contributed by atoms with Gasteiger partial charge in [0.25, 0.3) is 0 Å². The Morgan fingerprint density at radius 1 is 1.71 bits per heavy atom. The molecule has 0 rings (SSSR count). The Balaban J connectivity index is 0. The molecule has 0 spiro atoms. The van der Waals surface area contributed by atoms with Crippen LogP contribution in [-0.4, -0.2) is 21.8 Å². The summed E-state index contributed by atoms with van der Waals surface area (Å²) in [6.45, 7) is 4.42. The first-order chi connectivity index (χ1) is 3.15. The van der Waals surface area contributed by atoms with Crippen LogP contribution in [0.3, 0.4) is 0 Å². The van der Waals surface area contributed by atoms with Crippen LogP contribution >= 0.6 is 25.8 Å². The zero-order valence-corrected chi connectivity index (χ0v) is 8.66. The van der Waals surface area contributed by atoms with Crippen LogP contribution in [0.25, 0.3) is 0 Å². The van der Waals surface area contributed by atoms with Crippen molar-refractivity contribution in [1.82, 2.24) is 0 Å². The highest BCUT2D eigenvalue weighted by atomic mass is 79.9. The minimum absolute atomic E-state index is 0.0417. The van der Waals surface area contributed by atoms with Gasteiger partial charge in [-0.05, 0) is 6.92 Å². The standard InChI is InChI=1S/C3H5O.2BrH.Mg/c1-3(2)4;;;/h1H2,2H3;2*1H;/q;;;+2/p-2. The maximum atomic E-state index is 9.33. The Bertz CT molecular complexity index is 44.2. The Morgan fingerprint density at radius 3 is 1.71 bits per heavy atom. The first kappa shape index (κ1) is 11.2. The van der Waals surface area contributed by atoms with E-state index >= 15 is 0 Å². The van der Waals surface area contributed by atoms with Gasteiger partial charge in [-0.2, -0.15) is 0 Å². The van der Waals surface area contributed by atoms with E-state index in [1.165, 1.54) is 6.92 Å². The van der Waals surface area contributed by atoms with Crippen molar-refractivity contribution in [2.75, 3.05) is 0 Å². The highest BCUT2D eigenvalue weighted by molar-refractivity contribution is 9.47. The molecule has 0 amide bonds. The van der Waals surface area contributed by atoms with E-state index in [1.807, 2.05) is 0 Å². The summed E-state index contributed by atoms with van der Waals surface area (Å²) in [5, 5.41) is 0. The SMILES string of the molecule is [Br][Mg][Br].[CH2]C(C)=O. The third-order valence-corrected chi connectivity index (χ3v) is 0. The minimum atomic E-state index is -0.0833. The van der Waals surface area contributed by atoms with Crippen LogP contribution in [0, 0.1) is 6.92 Å². The van der Waals surface area contributed by atoms with Crippen molar-refractivity contribution >= 4 is 47.6 Å². The summed E-state index contributed by atoms with van der Waals surface area (Å²) in [6.07, 6.45) is 0. The van der Waals surface area contributed by atoms with E-state index in [4.69, 9.17) is 0 Å². The van der Waals surface area contributed by atoms with Gasteiger partial charge < -0.3 is 4.79 Å². The number of ketones is 1. The second-order valence-corrected chi connectivity index (χ2v) is 8.88. The summed E-state index contributed by atoms with van der Waals surface area (Å²) in [5.74, 6) is -0.0833. The lowest BCUT2D eigenvalue weighted by molar-refractivity contribution is -0.112. The molecule has 0 bridgehead atoms. The first-order valence-electron chi connectivity index (χ1n) is 1.59. The van der Waals surface area contributed by atoms with Crippen molar-refractivity contribution in [3.63, 3.8) is 0 Å². The fourth-order valence-corrected chi connectivity index (χ4v) is 0. The molecule has 0 aliphatic heterocycles. The van der Waals surface area contributed by atoms with Crippen LogP contribution in [0.15, 0.2) is 0 Å². The van der Waals surface area contributed by atoms with E-state index in [1.54, 1.807) is 0 Å². The number of carbonyl (C=O) groups excluding carboxylic acids is 1. The Labute approximate surface area is 65.7 Å². The number of hydrogen-bond donors (Lipinski definition) is 0. The fraction of sp³-hybridized carbons (Fsp3) is 0.333. The molecule has 0 aromatic heterocycles. The van der Waals surface area contributed by atoms with Gasteiger partial charge in [0, 0.05) is 6.92 Å². The largest absolute Gasteiger partial charge is 0.560 e. The highest BCUT2D eigenvalue weighted by Gasteiger charge is 1.63. The van der Waals surface area contributed by atoms with E-state index in [9.17, 15) is 4.79 Å². The molecule has 0 aliphatic carbocycles. The predicted molar refractivity (Wildman–Crippen MR) is 39.6 cm³/mol. The predicted octanol–water partition coefficient (Wildman–Crippen LogP) is 1.72. The average Bonchev–Trinajstić information content (AvgIpc) is 1.33. The van der Waals surface area contributed by atoms with Gasteiger partial charge in [-0.1, -0.05) is 0 Å². The summed E-state index contributed by atoms with van der Waals surface area (Å²) < 4.78 is 0. The maximum absolute atomic E-state index is 9.33. The van der Waals surface area contributed by atoms with Crippen LogP contribution in [-0.2, 0) is 4.79 Å². The number of rotatable bonds is 0. The van der Waals surface area contributed by atoms with Crippen molar-refractivity contribution in [2.24, 2.45) is 0 Å². The van der Waals surface area contributed by atoms with E-state index in [-0.39, 0.29) is 21.8 Å². The van der Waals surface area contributed by atoms with Crippen LogP contribution in [0.1, 0.15) is 6.92 Å². The minimum Gasteiger partial charge on any atom is -0.300 e. The van der Waals surface area contributed by atoms with Gasteiger partial charge in [0.05, 0.1) is 0 Å². The van der Waals surface area contributed by atoms with Crippen molar-refractivity contribution < 1.29 is 4.79 Å². The highest BCUT2D eigenvalue weighted by Crippen LogP contribution is 1.77. The Morgan fingerprint density at radius 2 is 1.71 bits per heavy atom. The molecular weight excluding hydrogens is 236 g/mol. The van der Waals surface area contributed by atoms with Gasteiger partial charge in [-0.3, -0.25) is 25.8 Å². The number of hydrogen-bond acceptors (Lipinski definition) is 1. The molecule has 0 fully saturated rings. The van der Waals surface area contributed by atoms with E-state index in [0.717, 1.165) is 0 Å².